The maximum absolute atomic E-state index is 12.6. The van der Waals surface area contributed by atoms with Gasteiger partial charge in [0.25, 0.3) is 0 Å². The summed E-state index contributed by atoms with van der Waals surface area (Å²) in [6.45, 7) is 3.72. The molecule has 0 saturated carbocycles. The fraction of sp³-hybridized carbons (Fsp3) is 0.375. The second-order valence-corrected chi connectivity index (χ2v) is 4.89. The Morgan fingerprint density at radius 1 is 1.30 bits per heavy atom. The Hall–Kier alpha value is -2.49. The maximum atomic E-state index is 12.6. The van der Waals surface area contributed by atoms with Crippen LogP contribution in [0.3, 0.4) is 0 Å². The van der Waals surface area contributed by atoms with E-state index in [0.717, 1.165) is 0 Å². The van der Waals surface area contributed by atoms with Crippen molar-refractivity contribution in [1.82, 2.24) is 0 Å². The molecule has 0 amide bonds. The molecule has 0 N–H and O–H groups in total. The number of nitrogens with zero attached hydrogens (tertiary/aromatic N) is 3. The molecule has 23 heavy (non-hydrogen) atoms. The van der Waals surface area contributed by atoms with Gasteiger partial charge in [-0.1, -0.05) is 26.0 Å². The van der Waals surface area contributed by atoms with Gasteiger partial charge in [0, 0.05) is 11.8 Å². The molecule has 1 aliphatic heterocycles. The van der Waals surface area contributed by atoms with Gasteiger partial charge >= 0.3 is 6.36 Å². The average Bonchev–Trinajstić information content (AvgIpc) is 2.52. The highest BCUT2D eigenvalue weighted by molar-refractivity contribution is 5.85. The van der Waals surface area contributed by atoms with Crippen molar-refractivity contribution < 1.29 is 17.9 Å². The molecule has 1 aliphatic rings. The van der Waals surface area contributed by atoms with E-state index in [0.29, 0.717) is 24.1 Å². The van der Waals surface area contributed by atoms with Gasteiger partial charge in [-0.2, -0.15) is 5.26 Å². The van der Waals surface area contributed by atoms with Crippen LogP contribution in [0.5, 0.6) is 5.75 Å². The second-order valence-electron chi connectivity index (χ2n) is 4.89. The lowest BCUT2D eigenvalue weighted by atomic mass is 10.1. The molecule has 0 aromatic heterocycles. The van der Waals surface area contributed by atoms with Crippen molar-refractivity contribution >= 4 is 11.9 Å². The highest BCUT2D eigenvalue weighted by Crippen LogP contribution is 2.38. The predicted molar refractivity (Wildman–Crippen MR) is 81.1 cm³/mol. The van der Waals surface area contributed by atoms with Crippen LogP contribution in [0.1, 0.15) is 26.7 Å². The number of hydrogen-bond acceptors (Lipinski definition) is 4. The largest absolute Gasteiger partial charge is 0.573 e. The van der Waals surface area contributed by atoms with Gasteiger partial charge in [0.05, 0.1) is 5.69 Å². The SMILES string of the molecule is CCC1=C(C#N)N(c2ccccc2OC(F)(F)F)[C@H](CC)N=C1. The molecule has 4 nitrogen and oxygen atoms in total. The van der Waals surface area contributed by atoms with Crippen molar-refractivity contribution in [3.8, 4) is 11.8 Å². The third kappa shape index (κ3) is 3.65. The van der Waals surface area contributed by atoms with Crippen LogP contribution in [0, 0.1) is 11.3 Å². The number of allylic oxidation sites excluding steroid dienone is 2. The summed E-state index contributed by atoms with van der Waals surface area (Å²) in [5.41, 5.74) is 1.16. The summed E-state index contributed by atoms with van der Waals surface area (Å²) in [5, 5.41) is 9.49. The maximum Gasteiger partial charge on any atom is 0.573 e. The lowest BCUT2D eigenvalue weighted by Gasteiger charge is -2.34. The average molecular weight is 323 g/mol. The van der Waals surface area contributed by atoms with E-state index >= 15 is 0 Å². The van der Waals surface area contributed by atoms with Gasteiger partial charge in [0.1, 0.15) is 17.9 Å². The Kier molecular flexibility index (Phi) is 4.94. The first-order chi connectivity index (χ1) is 10.9. The Morgan fingerprint density at radius 3 is 2.57 bits per heavy atom. The molecule has 0 bridgehead atoms. The van der Waals surface area contributed by atoms with Gasteiger partial charge in [-0.05, 0) is 25.0 Å². The van der Waals surface area contributed by atoms with Crippen LogP contribution in [0.25, 0.3) is 0 Å². The van der Waals surface area contributed by atoms with Crippen LogP contribution in [-0.2, 0) is 0 Å². The molecule has 0 saturated heterocycles. The molecule has 122 valence electrons. The van der Waals surface area contributed by atoms with Crippen molar-refractivity contribution in [3.63, 3.8) is 0 Å². The molecule has 1 atom stereocenters. The van der Waals surface area contributed by atoms with E-state index in [1.165, 1.54) is 23.1 Å². The molecule has 1 aromatic rings. The third-order valence-corrected chi connectivity index (χ3v) is 3.45. The molecule has 0 aliphatic carbocycles. The number of anilines is 1. The van der Waals surface area contributed by atoms with Crippen molar-refractivity contribution in [1.29, 1.82) is 5.26 Å². The number of ether oxygens (including phenoxy) is 1. The number of alkyl halides is 3. The Bertz CT molecular complexity index is 674. The fourth-order valence-electron chi connectivity index (χ4n) is 2.43. The lowest BCUT2D eigenvalue weighted by molar-refractivity contribution is -0.274. The molecule has 7 heteroatoms. The van der Waals surface area contributed by atoms with Gasteiger partial charge in [-0.15, -0.1) is 13.2 Å². The van der Waals surface area contributed by atoms with E-state index in [-0.39, 0.29) is 11.4 Å². The Labute approximate surface area is 132 Å². The summed E-state index contributed by atoms with van der Waals surface area (Å²) < 4.78 is 42.0. The summed E-state index contributed by atoms with van der Waals surface area (Å²) in [7, 11) is 0. The zero-order valence-electron chi connectivity index (χ0n) is 12.8. The van der Waals surface area contributed by atoms with Crippen molar-refractivity contribution in [2.75, 3.05) is 4.90 Å². The standard InChI is InChI=1S/C16H16F3N3O/c1-3-11-10-21-15(4-2)22(13(11)9-20)12-7-5-6-8-14(12)23-16(17,18)19/h5-8,10,15H,3-4H2,1-2H3/t15-/m1/s1. The summed E-state index contributed by atoms with van der Waals surface area (Å²) in [5.74, 6) is -0.348. The number of para-hydroxylation sites is 2. The third-order valence-electron chi connectivity index (χ3n) is 3.45. The predicted octanol–water partition coefficient (Wildman–Crippen LogP) is 4.40. The first-order valence-corrected chi connectivity index (χ1v) is 7.21. The van der Waals surface area contributed by atoms with E-state index < -0.39 is 12.5 Å². The van der Waals surface area contributed by atoms with Crippen molar-refractivity contribution in [2.24, 2.45) is 4.99 Å². The quantitative estimate of drug-likeness (QED) is 0.825. The number of halogens is 3. The molecule has 0 spiro atoms. The summed E-state index contributed by atoms with van der Waals surface area (Å²) in [6.07, 6.45) is -2.53. The van der Waals surface area contributed by atoms with Gasteiger partial charge in [0.15, 0.2) is 5.75 Å². The van der Waals surface area contributed by atoms with E-state index in [2.05, 4.69) is 15.8 Å². The minimum atomic E-state index is -4.80. The molecule has 0 unspecified atom stereocenters. The molecule has 2 rings (SSSR count). The monoisotopic (exact) mass is 323 g/mol. The highest BCUT2D eigenvalue weighted by atomic mass is 19.4. The molecular formula is C16H16F3N3O. The second kappa shape index (κ2) is 6.73. The summed E-state index contributed by atoms with van der Waals surface area (Å²) >= 11 is 0. The fourth-order valence-corrected chi connectivity index (χ4v) is 2.43. The molecule has 0 fully saturated rings. The minimum absolute atomic E-state index is 0.177. The van der Waals surface area contributed by atoms with E-state index in [1.807, 2.05) is 13.8 Å². The lowest BCUT2D eigenvalue weighted by Crippen LogP contribution is -2.36. The molecule has 1 heterocycles. The van der Waals surface area contributed by atoms with E-state index in [1.54, 1.807) is 12.3 Å². The number of rotatable bonds is 4. The zero-order chi connectivity index (χ0) is 17.0. The highest BCUT2D eigenvalue weighted by Gasteiger charge is 2.34. The van der Waals surface area contributed by atoms with Gasteiger partial charge in [0.2, 0.25) is 0 Å². The van der Waals surface area contributed by atoms with Gasteiger partial charge in [-0.3, -0.25) is 4.99 Å². The van der Waals surface area contributed by atoms with Crippen molar-refractivity contribution in [2.45, 2.75) is 39.2 Å². The molecule has 0 radical (unpaired) electrons. The smallest absolute Gasteiger partial charge is 0.404 e. The van der Waals surface area contributed by atoms with Crippen LogP contribution in [-0.4, -0.2) is 18.7 Å². The minimum Gasteiger partial charge on any atom is -0.404 e. The molecule has 1 aromatic carbocycles. The zero-order valence-corrected chi connectivity index (χ0v) is 12.8. The van der Waals surface area contributed by atoms with Crippen LogP contribution >= 0.6 is 0 Å². The Balaban J connectivity index is 2.56. The van der Waals surface area contributed by atoms with Crippen LogP contribution in [0.15, 0.2) is 40.5 Å². The van der Waals surface area contributed by atoms with Crippen molar-refractivity contribution in [3.05, 3.63) is 35.5 Å². The van der Waals surface area contributed by atoms with Crippen LogP contribution < -0.4 is 9.64 Å². The Morgan fingerprint density at radius 2 is 2.00 bits per heavy atom. The number of benzene rings is 1. The first-order valence-electron chi connectivity index (χ1n) is 7.21. The van der Waals surface area contributed by atoms with Gasteiger partial charge in [-0.25, -0.2) is 0 Å². The summed E-state index contributed by atoms with van der Waals surface area (Å²) in [4.78, 5) is 5.86. The van der Waals surface area contributed by atoms with E-state index in [9.17, 15) is 18.4 Å². The number of nitriles is 1. The first kappa shape index (κ1) is 16.9. The normalized spacial score (nSPS) is 18.1. The topological polar surface area (TPSA) is 48.6 Å². The van der Waals surface area contributed by atoms with Crippen LogP contribution in [0.4, 0.5) is 18.9 Å². The molecular weight excluding hydrogens is 307 g/mol. The summed E-state index contributed by atoms with van der Waals surface area (Å²) in [6, 6.07) is 7.87. The number of aliphatic imine (C=N–C) groups is 1. The van der Waals surface area contributed by atoms with Gasteiger partial charge < -0.3 is 9.64 Å². The van der Waals surface area contributed by atoms with E-state index in [4.69, 9.17) is 0 Å². The van der Waals surface area contributed by atoms with Crippen LogP contribution in [0.2, 0.25) is 0 Å². The number of hydrogen-bond donors (Lipinski definition) is 0.